The van der Waals surface area contributed by atoms with Crippen LogP contribution in [0, 0.1) is 5.82 Å². The summed E-state index contributed by atoms with van der Waals surface area (Å²) in [5, 5.41) is 2.83. The van der Waals surface area contributed by atoms with E-state index < -0.39 is 11.7 Å². The molecule has 0 radical (unpaired) electrons. The highest BCUT2D eigenvalue weighted by Crippen LogP contribution is 2.17. The minimum absolute atomic E-state index is 0.0129. The molecule has 0 saturated heterocycles. The number of hydrogen-bond donors (Lipinski definition) is 0. The van der Waals surface area contributed by atoms with Gasteiger partial charge in [0.05, 0.1) is 7.11 Å². The number of carbonyl (C=O) groups is 1. The molecule has 0 saturated carbocycles. The first-order chi connectivity index (χ1) is 6.69. The van der Waals surface area contributed by atoms with Crippen LogP contribution in [0.25, 0.3) is 10.4 Å². The summed E-state index contributed by atoms with van der Waals surface area (Å²) in [7, 11) is 1.31. The molecule has 1 aromatic carbocycles. The maximum atomic E-state index is 13.0. The van der Waals surface area contributed by atoms with Crippen molar-refractivity contribution >= 4 is 5.91 Å². The number of hydrogen-bond acceptors (Lipinski definition) is 2. The van der Waals surface area contributed by atoms with E-state index in [2.05, 4.69) is 14.8 Å². The largest absolute Gasteiger partial charge is 0.494 e. The molecule has 0 aliphatic rings. The molecule has 1 amide bonds. The summed E-state index contributed by atoms with van der Waals surface area (Å²) < 4.78 is 17.7. The van der Waals surface area contributed by atoms with Crippen LogP contribution in [0.4, 0.5) is 4.39 Å². The maximum absolute atomic E-state index is 13.0. The Balaban J connectivity index is 3.08. The summed E-state index contributed by atoms with van der Waals surface area (Å²) in [5.41, 5.74) is 7.97. The Kier molecular flexibility index (Phi) is 3.04. The molecule has 0 unspecified atom stereocenters. The lowest BCUT2D eigenvalue weighted by atomic mass is 10.2. The van der Waals surface area contributed by atoms with Crippen molar-refractivity contribution in [2.75, 3.05) is 7.11 Å². The van der Waals surface area contributed by atoms with E-state index in [0.717, 1.165) is 6.07 Å². The van der Waals surface area contributed by atoms with Crippen LogP contribution >= 0.6 is 0 Å². The van der Waals surface area contributed by atoms with Crippen molar-refractivity contribution in [1.82, 2.24) is 0 Å². The molecule has 0 fully saturated rings. The summed E-state index contributed by atoms with van der Waals surface area (Å²) in [6, 6.07) is 3.56. The van der Waals surface area contributed by atoms with Crippen LogP contribution in [-0.4, -0.2) is 13.0 Å². The molecule has 0 aliphatic carbocycles. The summed E-state index contributed by atoms with van der Waals surface area (Å²) in [5.74, 6) is -1.47. The van der Waals surface area contributed by atoms with E-state index in [4.69, 9.17) is 5.53 Å². The topological polar surface area (TPSA) is 75.1 Å². The number of nitrogens with zero attached hydrogens (tertiary/aromatic N) is 3. The van der Waals surface area contributed by atoms with Crippen LogP contribution < -0.4 is 4.74 Å². The Bertz CT molecular complexity index is 413. The van der Waals surface area contributed by atoms with E-state index in [9.17, 15) is 9.18 Å². The third-order valence-electron chi connectivity index (χ3n) is 1.53. The number of rotatable bonds is 2. The number of halogens is 1. The molecule has 1 aromatic rings. The molecule has 0 heterocycles. The molecule has 14 heavy (non-hydrogen) atoms. The zero-order valence-corrected chi connectivity index (χ0v) is 7.27. The third-order valence-corrected chi connectivity index (χ3v) is 1.53. The first kappa shape index (κ1) is 10.0. The van der Waals surface area contributed by atoms with Gasteiger partial charge in [-0.1, -0.05) is 0 Å². The Morgan fingerprint density at radius 2 is 2.36 bits per heavy atom. The Morgan fingerprint density at radius 3 is 2.86 bits per heavy atom. The smallest absolute Gasteiger partial charge is 0.249 e. The molecule has 0 aromatic heterocycles. The summed E-state index contributed by atoms with van der Waals surface area (Å²) in [6.07, 6.45) is 0. The van der Waals surface area contributed by atoms with Gasteiger partial charge in [-0.25, -0.2) is 4.39 Å². The second kappa shape index (κ2) is 4.25. The number of benzene rings is 1. The lowest BCUT2D eigenvalue weighted by molar-refractivity contribution is 0.1000. The Morgan fingerprint density at radius 1 is 1.64 bits per heavy atom. The molecule has 0 bridgehead atoms. The number of ether oxygens (including phenoxy) is 1. The van der Waals surface area contributed by atoms with Crippen molar-refractivity contribution in [3.8, 4) is 5.75 Å². The van der Waals surface area contributed by atoms with E-state index in [0.29, 0.717) is 0 Å². The van der Waals surface area contributed by atoms with E-state index in [-0.39, 0.29) is 11.3 Å². The zero-order chi connectivity index (χ0) is 10.6. The van der Waals surface area contributed by atoms with E-state index in [1.165, 1.54) is 19.2 Å². The van der Waals surface area contributed by atoms with Crippen molar-refractivity contribution < 1.29 is 13.9 Å². The number of azide groups is 1. The van der Waals surface area contributed by atoms with Gasteiger partial charge in [-0.05, 0) is 28.8 Å². The van der Waals surface area contributed by atoms with Gasteiger partial charge in [0.15, 0.2) is 11.6 Å². The fourth-order valence-corrected chi connectivity index (χ4v) is 0.898. The van der Waals surface area contributed by atoms with Gasteiger partial charge in [0.25, 0.3) is 0 Å². The predicted octanol–water partition coefficient (Wildman–Crippen LogP) is 2.28. The quantitative estimate of drug-likeness (QED) is 0.412. The van der Waals surface area contributed by atoms with Crippen LogP contribution in [0.15, 0.2) is 23.3 Å². The van der Waals surface area contributed by atoms with Crippen LogP contribution in [0.3, 0.4) is 0 Å². The van der Waals surface area contributed by atoms with Crippen molar-refractivity contribution in [2.24, 2.45) is 5.11 Å². The molecular formula is C8H6FN3O2. The van der Waals surface area contributed by atoms with Crippen LogP contribution in [0.5, 0.6) is 5.75 Å². The Hall–Kier alpha value is -2.07. The van der Waals surface area contributed by atoms with Gasteiger partial charge >= 0.3 is 0 Å². The van der Waals surface area contributed by atoms with Crippen molar-refractivity contribution in [1.29, 1.82) is 0 Å². The molecule has 6 heteroatoms. The standard InChI is InChI=1S/C8H6FN3O2/c1-14-7-3-2-5(4-6(7)9)8(13)11-12-10/h2-4H,1H3. The molecular weight excluding hydrogens is 189 g/mol. The fraction of sp³-hybridized carbons (Fsp3) is 0.125. The zero-order valence-electron chi connectivity index (χ0n) is 7.27. The van der Waals surface area contributed by atoms with Gasteiger partial charge in [-0.15, -0.1) is 0 Å². The molecule has 0 atom stereocenters. The third kappa shape index (κ3) is 1.99. The van der Waals surface area contributed by atoms with Gasteiger partial charge in [0, 0.05) is 10.5 Å². The maximum Gasteiger partial charge on any atom is 0.249 e. The average molecular weight is 195 g/mol. The SMILES string of the molecule is COc1ccc(C(=O)N=[N+]=[N-])cc1F. The molecule has 0 N–H and O–H groups in total. The van der Waals surface area contributed by atoms with Gasteiger partial charge in [-0.3, -0.25) is 4.79 Å². The lowest BCUT2D eigenvalue weighted by Crippen LogP contribution is -1.96. The van der Waals surface area contributed by atoms with Crippen LogP contribution in [0.2, 0.25) is 0 Å². The second-order valence-corrected chi connectivity index (χ2v) is 2.34. The number of methoxy groups -OCH3 is 1. The monoisotopic (exact) mass is 195 g/mol. The summed E-state index contributed by atoms with van der Waals surface area (Å²) in [4.78, 5) is 13.3. The minimum atomic E-state index is -0.825. The summed E-state index contributed by atoms with van der Waals surface area (Å²) >= 11 is 0. The second-order valence-electron chi connectivity index (χ2n) is 2.34. The van der Waals surface area contributed by atoms with Gasteiger partial charge < -0.3 is 4.74 Å². The van der Waals surface area contributed by atoms with E-state index >= 15 is 0 Å². The highest BCUT2D eigenvalue weighted by atomic mass is 19.1. The first-order valence-corrected chi connectivity index (χ1v) is 3.62. The first-order valence-electron chi connectivity index (χ1n) is 3.62. The van der Waals surface area contributed by atoms with E-state index in [1.807, 2.05) is 0 Å². The fourth-order valence-electron chi connectivity index (χ4n) is 0.898. The molecule has 5 nitrogen and oxygen atoms in total. The molecule has 1 rings (SSSR count). The van der Waals surface area contributed by atoms with Gasteiger partial charge in [-0.2, -0.15) is 0 Å². The summed E-state index contributed by atoms with van der Waals surface area (Å²) in [6.45, 7) is 0. The molecule has 0 spiro atoms. The average Bonchev–Trinajstić information content (AvgIpc) is 2.18. The van der Waals surface area contributed by atoms with Gasteiger partial charge in [0.1, 0.15) is 0 Å². The van der Waals surface area contributed by atoms with Crippen molar-refractivity contribution in [2.45, 2.75) is 0 Å². The van der Waals surface area contributed by atoms with Crippen molar-refractivity contribution in [3.63, 3.8) is 0 Å². The highest BCUT2D eigenvalue weighted by molar-refractivity contribution is 5.94. The minimum Gasteiger partial charge on any atom is -0.494 e. The van der Waals surface area contributed by atoms with Crippen LogP contribution in [-0.2, 0) is 0 Å². The molecule has 72 valence electrons. The highest BCUT2D eigenvalue weighted by Gasteiger charge is 2.07. The number of amides is 1. The lowest BCUT2D eigenvalue weighted by Gasteiger charge is -2.01. The van der Waals surface area contributed by atoms with Gasteiger partial charge in [0.2, 0.25) is 5.91 Å². The van der Waals surface area contributed by atoms with Crippen molar-refractivity contribution in [3.05, 3.63) is 40.0 Å². The normalized spacial score (nSPS) is 9.00. The molecule has 0 aliphatic heterocycles. The Labute approximate surface area is 78.7 Å². The predicted molar refractivity (Wildman–Crippen MR) is 46.4 cm³/mol. The number of carbonyl (C=O) groups excluding carboxylic acids is 1. The van der Waals surface area contributed by atoms with E-state index in [1.54, 1.807) is 0 Å². The van der Waals surface area contributed by atoms with Crippen LogP contribution in [0.1, 0.15) is 10.4 Å².